The number of fused-ring (bicyclic) bond motifs is 2. The molecule has 0 heterocycles. The second kappa shape index (κ2) is 16.4. The van der Waals surface area contributed by atoms with E-state index in [1.165, 1.54) is 6.07 Å². The molecule has 2 aliphatic carbocycles. The number of nitrogens with one attached hydrogen (secondary N) is 1. The van der Waals surface area contributed by atoms with Crippen molar-refractivity contribution in [2.24, 2.45) is 0 Å². The van der Waals surface area contributed by atoms with E-state index < -0.39 is 5.97 Å². The minimum absolute atomic E-state index is 0.143. The number of ether oxygens (including phenoxy) is 2. The standard InChI is InChI=1S/C38H48ClN3O5/c1-38(2)33-24-27(41(3)4)12-15-30(33)35(31-16-13-28(42(5)6)25-34(31)38)32-23-26(11-14-29(32)37(44)45)36(43)40-18-20-47-22-21-46-19-10-8-7-9-17-39/h11-16,23-25H,7-10,17-22H2,1-6H3,(H-,40,43,44,45)/p+1. The zero-order chi connectivity index (χ0) is 34.1. The number of allylic oxidation sites excluding steroid dienone is 5. The molecule has 0 aromatic heterocycles. The van der Waals surface area contributed by atoms with Crippen molar-refractivity contribution in [3.63, 3.8) is 0 Å². The molecule has 9 heteroatoms. The molecule has 0 spiro atoms. The van der Waals surface area contributed by atoms with Crippen molar-refractivity contribution in [3.8, 4) is 0 Å². The van der Waals surface area contributed by atoms with Gasteiger partial charge in [-0.05, 0) is 82.7 Å². The zero-order valence-corrected chi connectivity index (χ0v) is 29.4. The fraction of sp³-hybridized carbons (Fsp3) is 0.447. The van der Waals surface area contributed by atoms with Crippen LogP contribution in [0.15, 0.2) is 65.8 Å². The van der Waals surface area contributed by atoms with Gasteiger partial charge in [0.1, 0.15) is 14.1 Å². The molecule has 2 aliphatic rings. The number of amides is 1. The molecule has 0 unspecified atom stereocenters. The fourth-order valence-corrected chi connectivity index (χ4v) is 6.25. The molecule has 0 atom stereocenters. The van der Waals surface area contributed by atoms with Crippen molar-refractivity contribution in [3.05, 3.63) is 93.6 Å². The van der Waals surface area contributed by atoms with E-state index >= 15 is 0 Å². The van der Waals surface area contributed by atoms with E-state index in [9.17, 15) is 14.7 Å². The molecule has 0 aliphatic heterocycles. The maximum Gasteiger partial charge on any atom is 0.336 e. The van der Waals surface area contributed by atoms with Gasteiger partial charge in [0.05, 0.1) is 25.4 Å². The summed E-state index contributed by atoms with van der Waals surface area (Å²) in [6.45, 7) is 6.75. The highest BCUT2D eigenvalue weighted by atomic mass is 35.5. The Labute approximate surface area is 284 Å². The highest BCUT2D eigenvalue weighted by Crippen LogP contribution is 2.51. The van der Waals surface area contributed by atoms with E-state index in [1.54, 1.807) is 12.1 Å². The summed E-state index contributed by atoms with van der Waals surface area (Å²) in [6, 6.07) is 11.1. The zero-order valence-electron chi connectivity index (χ0n) is 28.6. The quantitative estimate of drug-likeness (QED) is 0.124. The third-order valence-electron chi connectivity index (χ3n) is 8.78. The largest absolute Gasteiger partial charge is 0.478 e. The summed E-state index contributed by atoms with van der Waals surface area (Å²) in [5.41, 5.74) is 7.70. The van der Waals surface area contributed by atoms with Crippen LogP contribution in [0.25, 0.3) is 5.57 Å². The predicted octanol–water partition coefficient (Wildman–Crippen LogP) is 6.32. The van der Waals surface area contributed by atoms with Gasteiger partial charge < -0.3 is 24.8 Å². The third kappa shape index (κ3) is 8.61. The van der Waals surface area contributed by atoms with Crippen LogP contribution in [-0.2, 0) is 14.9 Å². The van der Waals surface area contributed by atoms with E-state index in [0.29, 0.717) is 50.0 Å². The van der Waals surface area contributed by atoms with Crippen LogP contribution < -0.4 is 10.2 Å². The number of rotatable bonds is 16. The number of hydrogen-bond donors (Lipinski definition) is 2. The molecule has 0 radical (unpaired) electrons. The molecule has 2 aromatic carbocycles. The molecule has 0 bridgehead atoms. The van der Waals surface area contributed by atoms with Gasteiger partial charge in [-0.1, -0.05) is 32.8 Å². The molecule has 4 rings (SSSR count). The van der Waals surface area contributed by atoms with Crippen LogP contribution in [0.2, 0.25) is 0 Å². The molecule has 0 fully saturated rings. The van der Waals surface area contributed by atoms with E-state index in [-0.39, 0.29) is 16.9 Å². The monoisotopic (exact) mass is 662 g/mol. The summed E-state index contributed by atoms with van der Waals surface area (Å²) in [4.78, 5) is 28.0. The second-order valence-electron chi connectivity index (χ2n) is 12.9. The number of unbranched alkanes of at least 4 members (excludes halogenated alkanes) is 3. The van der Waals surface area contributed by atoms with Gasteiger partial charge in [0.25, 0.3) is 5.91 Å². The molecular weight excluding hydrogens is 614 g/mol. The third-order valence-corrected chi connectivity index (χ3v) is 9.05. The van der Waals surface area contributed by atoms with Gasteiger partial charge >= 0.3 is 5.97 Å². The summed E-state index contributed by atoms with van der Waals surface area (Å²) >= 11 is 5.70. The maximum atomic E-state index is 13.3. The Morgan fingerprint density at radius 2 is 1.64 bits per heavy atom. The van der Waals surface area contributed by atoms with Crippen LogP contribution in [0.3, 0.4) is 0 Å². The maximum absolute atomic E-state index is 13.3. The first-order valence-electron chi connectivity index (χ1n) is 16.4. The van der Waals surface area contributed by atoms with Crippen molar-refractivity contribution < 1.29 is 28.7 Å². The normalized spacial score (nSPS) is 14.8. The Morgan fingerprint density at radius 3 is 2.32 bits per heavy atom. The molecule has 2 aromatic rings. The highest BCUT2D eigenvalue weighted by molar-refractivity contribution is 6.17. The van der Waals surface area contributed by atoms with Gasteiger partial charge in [-0.2, -0.15) is 0 Å². The number of halogens is 1. The van der Waals surface area contributed by atoms with Crippen LogP contribution in [-0.4, -0.2) is 94.3 Å². The van der Waals surface area contributed by atoms with Gasteiger partial charge in [-0.25, -0.2) is 9.37 Å². The van der Waals surface area contributed by atoms with Crippen molar-refractivity contribution in [1.29, 1.82) is 0 Å². The number of aromatic carboxylic acids is 1. The number of anilines is 1. The van der Waals surface area contributed by atoms with E-state index in [1.807, 2.05) is 28.2 Å². The van der Waals surface area contributed by atoms with Gasteiger partial charge in [-0.3, -0.25) is 4.79 Å². The highest BCUT2D eigenvalue weighted by Gasteiger charge is 2.39. The first kappa shape index (κ1) is 36.1. The number of carbonyl (C=O) groups is 2. The second-order valence-corrected chi connectivity index (χ2v) is 13.3. The molecular formula is C38H49ClN3O5+. The molecule has 1 amide bonds. The van der Waals surface area contributed by atoms with Crippen molar-refractivity contribution in [2.75, 3.05) is 71.9 Å². The van der Waals surface area contributed by atoms with Crippen LogP contribution in [0.1, 0.15) is 76.9 Å². The first-order chi connectivity index (χ1) is 22.5. The lowest BCUT2D eigenvalue weighted by Gasteiger charge is -2.39. The lowest BCUT2D eigenvalue weighted by Crippen LogP contribution is -2.31. The summed E-state index contributed by atoms with van der Waals surface area (Å²) in [5, 5.41) is 13.2. The summed E-state index contributed by atoms with van der Waals surface area (Å²) in [5.74, 6) is -0.631. The Kier molecular flexibility index (Phi) is 12.6. The Morgan fingerprint density at radius 1 is 0.915 bits per heavy atom. The van der Waals surface area contributed by atoms with Gasteiger partial charge in [0, 0.05) is 61.9 Å². The number of alkyl halides is 1. The molecule has 2 N–H and O–H groups in total. The molecule has 0 saturated heterocycles. The number of benzene rings is 2. The number of carbonyl (C=O) groups excluding carboxylic acids is 1. The number of carboxylic acids is 1. The van der Waals surface area contributed by atoms with Gasteiger partial charge in [0.15, 0.2) is 5.71 Å². The van der Waals surface area contributed by atoms with Crippen molar-refractivity contribution >= 4 is 40.4 Å². The van der Waals surface area contributed by atoms with E-state index in [2.05, 4.69) is 65.1 Å². The van der Waals surface area contributed by atoms with Crippen molar-refractivity contribution in [1.82, 2.24) is 5.32 Å². The summed E-state index contributed by atoms with van der Waals surface area (Å²) in [7, 11) is 8.04. The average molecular weight is 663 g/mol. The molecule has 252 valence electrons. The van der Waals surface area contributed by atoms with E-state index in [4.69, 9.17) is 21.1 Å². The van der Waals surface area contributed by atoms with Crippen LogP contribution in [0, 0.1) is 0 Å². The van der Waals surface area contributed by atoms with Crippen LogP contribution >= 0.6 is 11.6 Å². The number of hydrogen-bond acceptors (Lipinski definition) is 5. The Hall–Kier alpha value is -3.72. The minimum atomic E-state index is -1.05. The molecule has 0 saturated carbocycles. The van der Waals surface area contributed by atoms with Crippen molar-refractivity contribution in [2.45, 2.75) is 44.9 Å². The number of carboxylic acid groups (broad SMARTS) is 1. The first-order valence-corrected chi connectivity index (χ1v) is 16.9. The average Bonchev–Trinajstić information content (AvgIpc) is 3.04. The van der Waals surface area contributed by atoms with E-state index in [0.717, 1.165) is 64.9 Å². The van der Waals surface area contributed by atoms with Crippen LogP contribution in [0.5, 0.6) is 0 Å². The van der Waals surface area contributed by atoms with Gasteiger partial charge in [-0.15, -0.1) is 11.6 Å². The molecule has 47 heavy (non-hydrogen) atoms. The topological polar surface area (TPSA) is 91.1 Å². The predicted molar refractivity (Wildman–Crippen MR) is 191 cm³/mol. The Balaban J connectivity index is 1.59. The minimum Gasteiger partial charge on any atom is -0.478 e. The summed E-state index contributed by atoms with van der Waals surface area (Å²) in [6.07, 6.45) is 10.6. The SMILES string of the molecule is CN(C)c1ccc2c(c1)C(C)(C)C1=CC(=[N+](C)C)C=CC1=C2c1cc(C(=O)NCCOCCOCCCCCCCl)ccc1C(=O)O. The summed E-state index contributed by atoms with van der Waals surface area (Å²) < 4.78 is 13.3. The lowest BCUT2D eigenvalue weighted by molar-refractivity contribution is -0.462. The Bertz CT molecular complexity index is 1600. The lowest BCUT2D eigenvalue weighted by atomic mass is 9.64. The number of nitrogens with zero attached hydrogens (tertiary/aromatic N) is 2. The smallest absolute Gasteiger partial charge is 0.336 e. The fourth-order valence-electron chi connectivity index (χ4n) is 6.06. The molecule has 8 nitrogen and oxygen atoms in total. The van der Waals surface area contributed by atoms with Crippen LogP contribution in [0.4, 0.5) is 5.69 Å². The van der Waals surface area contributed by atoms with Gasteiger partial charge in [0.2, 0.25) is 0 Å².